The molecule has 0 radical (unpaired) electrons. The van der Waals surface area contributed by atoms with Gasteiger partial charge in [0.2, 0.25) is 0 Å². The van der Waals surface area contributed by atoms with E-state index in [-0.39, 0.29) is 34.0 Å². The number of hydrogen-bond acceptors (Lipinski definition) is 7. The van der Waals surface area contributed by atoms with Gasteiger partial charge in [-0.1, -0.05) is 17.8 Å². The molecular formula is C19H17N3O6S2. The number of benzene rings is 2. The third-order valence-corrected chi connectivity index (χ3v) is 8.13. The molecule has 156 valence electrons. The van der Waals surface area contributed by atoms with Gasteiger partial charge in [0.1, 0.15) is 5.75 Å². The van der Waals surface area contributed by atoms with Crippen LogP contribution in [0.3, 0.4) is 0 Å². The number of sulfone groups is 1. The Hall–Kier alpha value is -2.92. The fourth-order valence-electron chi connectivity index (χ4n) is 3.51. The number of fused-ring (bicyclic) bond motifs is 1. The molecule has 0 aliphatic carbocycles. The van der Waals surface area contributed by atoms with E-state index in [1.54, 1.807) is 36.3 Å². The number of rotatable bonds is 4. The molecule has 30 heavy (non-hydrogen) atoms. The summed E-state index contributed by atoms with van der Waals surface area (Å²) in [7, 11) is -1.63. The van der Waals surface area contributed by atoms with Gasteiger partial charge >= 0.3 is 0 Å². The minimum Gasteiger partial charge on any atom is -0.497 e. The highest BCUT2D eigenvalue weighted by Gasteiger charge is 2.49. The van der Waals surface area contributed by atoms with Gasteiger partial charge in [0.25, 0.3) is 11.6 Å². The van der Waals surface area contributed by atoms with Crippen molar-refractivity contribution in [2.75, 3.05) is 23.5 Å². The lowest BCUT2D eigenvalue weighted by atomic mass is 10.2. The summed E-state index contributed by atoms with van der Waals surface area (Å²) in [6.07, 6.45) is 0. The number of nitrogens with zero attached hydrogens (tertiary/aromatic N) is 3. The number of carbonyl (C=O) groups excluding carboxylic acids is 1. The maximum Gasteiger partial charge on any atom is 0.279 e. The summed E-state index contributed by atoms with van der Waals surface area (Å²) < 4.78 is 29.5. The number of non-ortho nitro benzene ring substituents is 1. The molecule has 2 aliphatic heterocycles. The van der Waals surface area contributed by atoms with Crippen molar-refractivity contribution < 1.29 is 22.9 Å². The zero-order valence-electron chi connectivity index (χ0n) is 15.8. The van der Waals surface area contributed by atoms with Crippen molar-refractivity contribution in [2.45, 2.75) is 11.3 Å². The number of amides is 1. The smallest absolute Gasteiger partial charge is 0.279 e. The lowest BCUT2D eigenvalue weighted by Crippen LogP contribution is -2.37. The third kappa shape index (κ3) is 3.90. The average Bonchev–Trinajstić information content (AvgIpc) is 3.18. The number of anilines is 1. The molecule has 0 spiro atoms. The summed E-state index contributed by atoms with van der Waals surface area (Å²) in [5, 5.41) is 11.1. The molecule has 9 nitrogen and oxygen atoms in total. The van der Waals surface area contributed by atoms with Crippen LogP contribution in [0.5, 0.6) is 5.75 Å². The van der Waals surface area contributed by atoms with Crippen LogP contribution in [0.25, 0.3) is 0 Å². The van der Waals surface area contributed by atoms with Crippen molar-refractivity contribution in [1.82, 2.24) is 0 Å². The summed E-state index contributed by atoms with van der Waals surface area (Å²) in [5.74, 6) is 0.00889. The number of amidine groups is 1. The van der Waals surface area contributed by atoms with Gasteiger partial charge in [-0.05, 0) is 30.3 Å². The molecule has 0 aromatic heterocycles. The molecule has 11 heteroatoms. The van der Waals surface area contributed by atoms with Crippen LogP contribution in [0, 0.1) is 10.1 Å². The van der Waals surface area contributed by atoms with Crippen LogP contribution in [0.2, 0.25) is 0 Å². The Morgan fingerprint density at radius 2 is 1.97 bits per heavy atom. The average molecular weight is 447 g/mol. The van der Waals surface area contributed by atoms with Crippen molar-refractivity contribution in [3.63, 3.8) is 0 Å². The van der Waals surface area contributed by atoms with E-state index in [9.17, 15) is 23.3 Å². The maximum absolute atomic E-state index is 12.7. The predicted molar refractivity (Wildman–Crippen MR) is 114 cm³/mol. The van der Waals surface area contributed by atoms with Crippen LogP contribution in [0.15, 0.2) is 53.5 Å². The zero-order valence-corrected chi connectivity index (χ0v) is 17.4. The van der Waals surface area contributed by atoms with E-state index in [2.05, 4.69) is 4.99 Å². The zero-order chi connectivity index (χ0) is 21.5. The van der Waals surface area contributed by atoms with E-state index in [0.29, 0.717) is 16.6 Å². The molecule has 2 fully saturated rings. The van der Waals surface area contributed by atoms with Gasteiger partial charge in [0.15, 0.2) is 15.0 Å². The van der Waals surface area contributed by atoms with Crippen LogP contribution < -0.4 is 9.64 Å². The summed E-state index contributed by atoms with van der Waals surface area (Å²) in [6.45, 7) is 0. The summed E-state index contributed by atoms with van der Waals surface area (Å²) in [5.41, 5.74) is 0.588. The highest BCUT2D eigenvalue weighted by molar-refractivity contribution is 8.16. The molecule has 2 atom stereocenters. The largest absolute Gasteiger partial charge is 0.497 e. The molecule has 1 amide bonds. The molecule has 4 rings (SSSR count). The van der Waals surface area contributed by atoms with Crippen LogP contribution >= 0.6 is 11.8 Å². The Kier molecular flexibility index (Phi) is 5.24. The van der Waals surface area contributed by atoms with Crippen LogP contribution in [0.1, 0.15) is 10.4 Å². The molecule has 0 N–H and O–H groups in total. The van der Waals surface area contributed by atoms with Gasteiger partial charge in [0.05, 0.1) is 29.6 Å². The van der Waals surface area contributed by atoms with Crippen molar-refractivity contribution >= 4 is 44.0 Å². The van der Waals surface area contributed by atoms with E-state index in [4.69, 9.17) is 4.74 Å². The first kappa shape index (κ1) is 20.4. The normalized spacial score (nSPS) is 23.4. The monoisotopic (exact) mass is 447 g/mol. The number of methoxy groups -OCH3 is 1. The summed E-state index contributed by atoms with van der Waals surface area (Å²) >= 11 is 1.24. The fraction of sp³-hybridized carbons (Fsp3) is 0.263. The fourth-order valence-corrected chi connectivity index (χ4v) is 7.43. The molecular weight excluding hydrogens is 430 g/mol. The standard InChI is InChI=1S/C19H17N3O6S2/c1-28-15-7-5-13(6-8-15)21-16-10-30(26,27)11-17(16)29-19(21)20-18(23)12-3-2-4-14(9-12)22(24)25/h2-9,16-17H,10-11H2,1H3/t16-,17-/m1/s1. The minimum absolute atomic E-state index is 0.0129. The quantitative estimate of drug-likeness (QED) is 0.518. The number of carbonyl (C=O) groups is 1. The number of aliphatic imine (C=N–C) groups is 1. The Balaban J connectivity index is 1.70. The van der Waals surface area contributed by atoms with E-state index < -0.39 is 20.7 Å². The predicted octanol–water partition coefficient (Wildman–Crippen LogP) is 2.52. The van der Waals surface area contributed by atoms with E-state index in [1.165, 1.54) is 36.0 Å². The van der Waals surface area contributed by atoms with E-state index in [0.717, 1.165) is 0 Å². The van der Waals surface area contributed by atoms with Crippen LogP contribution in [-0.2, 0) is 9.84 Å². The summed E-state index contributed by atoms with van der Waals surface area (Å²) in [6, 6.07) is 12.1. The van der Waals surface area contributed by atoms with E-state index >= 15 is 0 Å². The Morgan fingerprint density at radius 3 is 2.63 bits per heavy atom. The van der Waals surface area contributed by atoms with Gasteiger partial charge in [-0.2, -0.15) is 4.99 Å². The molecule has 0 saturated carbocycles. The first-order chi connectivity index (χ1) is 14.3. The second-order valence-corrected chi connectivity index (χ2v) is 10.2. The number of nitro groups is 1. The first-order valence-electron chi connectivity index (χ1n) is 8.95. The lowest BCUT2D eigenvalue weighted by molar-refractivity contribution is -0.384. The number of ether oxygens (including phenoxy) is 1. The molecule has 2 aromatic carbocycles. The second-order valence-electron chi connectivity index (χ2n) is 6.88. The van der Waals surface area contributed by atoms with Crippen LogP contribution in [0.4, 0.5) is 11.4 Å². The number of hydrogen-bond donors (Lipinski definition) is 0. The van der Waals surface area contributed by atoms with Gasteiger partial charge in [-0.3, -0.25) is 14.9 Å². The van der Waals surface area contributed by atoms with Crippen LogP contribution in [-0.4, -0.2) is 54.3 Å². The second kappa shape index (κ2) is 7.73. The SMILES string of the molecule is COc1ccc(N2C(=NC(=O)c3cccc([N+](=O)[O-])c3)S[C@@H]3CS(=O)(=O)C[C@H]32)cc1. The minimum atomic E-state index is -3.18. The Bertz CT molecular complexity index is 1150. The van der Waals surface area contributed by atoms with Crippen molar-refractivity contribution in [3.05, 3.63) is 64.2 Å². The maximum atomic E-state index is 12.7. The highest BCUT2D eigenvalue weighted by atomic mass is 32.2. The Morgan fingerprint density at radius 1 is 1.23 bits per heavy atom. The van der Waals surface area contributed by atoms with Gasteiger partial charge in [0, 0.05) is 28.6 Å². The topological polar surface area (TPSA) is 119 Å². The molecule has 0 bridgehead atoms. The van der Waals surface area contributed by atoms with Gasteiger partial charge < -0.3 is 9.64 Å². The molecule has 2 aliphatic rings. The third-order valence-electron chi connectivity index (χ3n) is 4.92. The molecule has 2 aromatic rings. The molecule has 0 unspecified atom stereocenters. The van der Waals surface area contributed by atoms with Gasteiger partial charge in [-0.15, -0.1) is 0 Å². The molecule has 2 heterocycles. The summed E-state index contributed by atoms with van der Waals surface area (Å²) in [4.78, 5) is 29.1. The molecule has 2 saturated heterocycles. The van der Waals surface area contributed by atoms with Crippen molar-refractivity contribution in [3.8, 4) is 5.75 Å². The van der Waals surface area contributed by atoms with Crippen molar-refractivity contribution in [2.24, 2.45) is 4.99 Å². The number of thioether (sulfide) groups is 1. The lowest BCUT2D eigenvalue weighted by Gasteiger charge is -2.24. The highest BCUT2D eigenvalue weighted by Crippen LogP contribution is 2.41. The van der Waals surface area contributed by atoms with Crippen molar-refractivity contribution in [1.29, 1.82) is 0 Å². The van der Waals surface area contributed by atoms with Gasteiger partial charge in [-0.25, -0.2) is 8.42 Å². The van der Waals surface area contributed by atoms with E-state index in [1.807, 2.05) is 0 Å². The number of nitro benzene ring substituents is 1. The first-order valence-corrected chi connectivity index (χ1v) is 11.7. The Labute approximate surface area is 176 Å².